The SMILES string of the molecule is CC(C)C(C)OCC(=O)OC(C)C(C)C. The van der Waals surface area contributed by atoms with E-state index < -0.39 is 0 Å². The van der Waals surface area contributed by atoms with E-state index >= 15 is 0 Å². The fourth-order valence-corrected chi connectivity index (χ4v) is 0.769. The second-order valence-electron chi connectivity index (χ2n) is 4.70. The lowest BCUT2D eigenvalue weighted by Crippen LogP contribution is -2.26. The number of ether oxygens (including phenoxy) is 2. The van der Waals surface area contributed by atoms with E-state index in [0.29, 0.717) is 11.8 Å². The maximum Gasteiger partial charge on any atom is 0.332 e. The lowest BCUT2D eigenvalue weighted by molar-refractivity contribution is -0.158. The molecule has 0 aromatic rings. The molecule has 90 valence electrons. The maximum absolute atomic E-state index is 11.3. The molecule has 0 heterocycles. The van der Waals surface area contributed by atoms with Gasteiger partial charge in [-0.3, -0.25) is 0 Å². The molecule has 0 fully saturated rings. The summed E-state index contributed by atoms with van der Waals surface area (Å²) in [6, 6.07) is 0. The Morgan fingerprint density at radius 3 is 1.80 bits per heavy atom. The Kier molecular flexibility index (Phi) is 6.57. The normalized spacial score (nSPS) is 15.5. The molecule has 0 radical (unpaired) electrons. The zero-order chi connectivity index (χ0) is 12.0. The summed E-state index contributed by atoms with van der Waals surface area (Å²) in [5.74, 6) is 0.487. The quantitative estimate of drug-likeness (QED) is 0.640. The van der Waals surface area contributed by atoms with Crippen LogP contribution in [0.4, 0.5) is 0 Å². The van der Waals surface area contributed by atoms with Crippen molar-refractivity contribution in [2.45, 2.75) is 53.8 Å². The molecule has 0 aliphatic rings. The molecule has 0 rings (SSSR count). The minimum absolute atomic E-state index is 0.0459. The van der Waals surface area contributed by atoms with Crippen LogP contribution in [0.5, 0.6) is 0 Å². The minimum atomic E-state index is -0.274. The van der Waals surface area contributed by atoms with Gasteiger partial charge in [0.2, 0.25) is 0 Å². The van der Waals surface area contributed by atoms with Crippen LogP contribution >= 0.6 is 0 Å². The third-order valence-corrected chi connectivity index (χ3v) is 2.66. The predicted molar refractivity (Wildman–Crippen MR) is 60.6 cm³/mol. The Balaban J connectivity index is 3.76. The van der Waals surface area contributed by atoms with Gasteiger partial charge in [0.05, 0.1) is 6.10 Å². The van der Waals surface area contributed by atoms with Gasteiger partial charge in [0.15, 0.2) is 0 Å². The molecule has 0 saturated heterocycles. The molecule has 3 nitrogen and oxygen atoms in total. The van der Waals surface area contributed by atoms with Crippen molar-refractivity contribution >= 4 is 5.97 Å². The average molecular weight is 216 g/mol. The Hall–Kier alpha value is -0.570. The van der Waals surface area contributed by atoms with Gasteiger partial charge in [-0.05, 0) is 25.7 Å². The molecule has 0 N–H and O–H groups in total. The Bertz CT molecular complexity index is 187. The number of carbonyl (C=O) groups excluding carboxylic acids is 1. The molecule has 2 unspecified atom stereocenters. The van der Waals surface area contributed by atoms with Crippen LogP contribution in [-0.4, -0.2) is 24.8 Å². The van der Waals surface area contributed by atoms with Gasteiger partial charge in [-0.1, -0.05) is 27.7 Å². The van der Waals surface area contributed by atoms with E-state index in [0.717, 1.165) is 0 Å². The lowest BCUT2D eigenvalue weighted by atomic mass is 10.1. The zero-order valence-electron chi connectivity index (χ0n) is 10.7. The van der Waals surface area contributed by atoms with Crippen LogP contribution in [0.15, 0.2) is 0 Å². The van der Waals surface area contributed by atoms with Crippen molar-refractivity contribution in [1.82, 2.24) is 0 Å². The summed E-state index contributed by atoms with van der Waals surface area (Å²) in [6.07, 6.45) is 0.0439. The topological polar surface area (TPSA) is 35.5 Å². The van der Waals surface area contributed by atoms with E-state index in [2.05, 4.69) is 13.8 Å². The second-order valence-corrected chi connectivity index (χ2v) is 4.70. The molecule has 2 atom stereocenters. The van der Waals surface area contributed by atoms with E-state index in [4.69, 9.17) is 9.47 Å². The minimum Gasteiger partial charge on any atom is -0.461 e. The van der Waals surface area contributed by atoms with Crippen molar-refractivity contribution in [1.29, 1.82) is 0 Å². The average Bonchev–Trinajstić information content (AvgIpc) is 2.13. The molecule has 0 aromatic heterocycles. The molecule has 0 amide bonds. The van der Waals surface area contributed by atoms with Crippen molar-refractivity contribution < 1.29 is 14.3 Å². The molecule has 0 aliphatic carbocycles. The molecular weight excluding hydrogens is 192 g/mol. The number of hydrogen-bond donors (Lipinski definition) is 0. The first-order valence-corrected chi connectivity index (χ1v) is 5.65. The van der Waals surface area contributed by atoms with Crippen LogP contribution in [0.1, 0.15) is 41.5 Å². The van der Waals surface area contributed by atoms with Crippen molar-refractivity contribution in [3.63, 3.8) is 0 Å². The standard InChI is InChI=1S/C12H24O3/c1-8(2)10(5)14-7-12(13)15-11(6)9(3)4/h8-11H,7H2,1-6H3. The highest BCUT2D eigenvalue weighted by Crippen LogP contribution is 2.08. The Labute approximate surface area is 93.1 Å². The van der Waals surface area contributed by atoms with E-state index in [1.54, 1.807) is 0 Å². The van der Waals surface area contributed by atoms with E-state index in [-0.39, 0.29) is 24.8 Å². The molecule has 0 spiro atoms. The Morgan fingerprint density at radius 2 is 1.40 bits per heavy atom. The highest BCUT2D eigenvalue weighted by atomic mass is 16.6. The highest BCUT2D eigenvalue weighted by Gasteiger charge is 2.15. The van der Waals surface area contributed by atoms with Gasteiger partial charge in [0.1, 0.15) is 12.7 Å². The predicted octanol–water partition coefficient (Wildman–Crippen LogP) is 2.64. The van der Waals surface area contributed by atoms with E-state index in [1.807, 2.05) is 27.7 Å². The van der Waals surface area contributed by atoms with Crippen LogP contribution in [0.3, 0.4) is 0 Å². The van der Waals surface area contributed by atoms with Crippen LogP contribution in [0.2, 0.25) is 0 Å². The number of hydrogen-bond acceptors (Lipinski definition) is 3. The Morgan fingerprint density at radius 1 is 0.933 bits per heavy atom. The van der Waals surface area contributed by atoms with Crippen LogP contribution in [-0.2, 0) is 14.3 Å². The van der Waals surface area contributed by atoms with Gasteiger partial charge < -0.3 is 9.47 Å². The van der Waals surface area contributed by atoms with Crippen molar-refractivity contribution in [2.24, 2.45) is 11.8 Å². The smallest absolute Gasteiger partial charge is 0.332 e. The number of carbonyl (C=O) groups is 1. The maximum atomic E-state index is 11.3. The zero-order valence-corrected chi connectivity index (χ0v) is 10.7. The highest BCUT2D eigenvalue weighted by molar-refractivity contribution is 5.70. The summed E-state index contributed by atoms with van der Waals surface area (Å²) >= 11 is 0. The molecule has 0 bridgehead atoms. The van der Waals surface area contributed by atoms with Crippen LogP contribution in [0.25, 0.3) is 0 Å². The first kappa shape index (κ1) is 14.4. The summed E-state index contributed by atoms with van der Waals surface area (Å²) in [5.41, 5.74) is 0. The largest absolute Gasteiger partial charge is 0.461 e. The molecule has 15 heavy (non-hydrogen) atoms. The first-order valence-electron chi connectivity index (χ1n) is 5.65. The monoisotopic (exact) mass is 216 g/mol. The van der Waals surface area contributed by atoms with E-state index in [1.165, 1.54) is 0 Å². The van der Waals surface area contributed by atoms with Gasteiger partial charge in [-0.15, -0.1) is 0 Å². The molecule has 0 saturated carbocycles. The lowest BCUT2D eigenvalue weighted by Gasteiger charge is -2.19. The van der Waals surface area contributed by atoms with Crippen molar-refractivity contribution in [3.05, 3.63) is 0 Å². The van der Waals surface area contributed by atoms with Gasteiger partial charge in [0.25, 0.3) is 0 Å². The molecule has 0 aromatic carbocycles. The second kappa shape index (κ2) is 6.83. The molecule has 3 heteroatoms. The van der Waals surface area contributed by atoms with E-state index in [9.17, 15) is 4.79 Å². The summed E-state index contributed by atoms with van der Waals surface area (Å²) in [4.78, 5) is 11.3. The van der Waals surface area contributed by atoms with Gasteiger partial charge in [-0.2, -0.15) is 0 Å². The third-order valence-electron chi connectivity index (χ3n) is 2.66. The third kappa shape index (κ3) is 6.50. The fourth-order valence-electron chi connectivity index (χ4n) is 0.769. The van der Waals surface area contributed by atoms with Crippen molar-refractivity contribution in [2.75, 3.05) is 6.61 Å². The van der Waals surface area contributed by atoms with Crippen molar-refractivity contribution in [3.8, 4) is 0 Å². The van der Waals surface area contributed by atoms with Crippen LogP contribution in [0, 0.1) is 11.8 Å². The van der Waals surface area contributed by atoms with Gasteiger partial charge in [0, 0.05) is 0 Å². The summed E-state index contributed by atoms with van der Waals surface area (Å²) in [5, 5.41) is 0. The van der Waals surface area contributed by atoms with Gasteiger partial charge >= 0.3 is 5.97 Å². The number of rotatable bonds is 6. The summed E-state index contributed by atoms with van der Waals surface area (Å²) in [6.45, 7) is 12.1. The van der Waals surface area contributed by atoms with Crippen LogP contribution < -0.4 is 0 Å². The first-order chi connectivity index (χ1) is 6.84. The number of esters is 1. The fraction of sp³-hybridized carbons (Fsp3) is 0.917. The molecule has 0 aliphatic heterocycles. The van der Waals surface area contributed by atoms with Gasteiger partial charge in [-0.25, -0.2) is 4.79 Å². The molecular formula is C12H24O3. The summed E-state index contributed by atoms with van der Waals surface area (Å²) in [7, 11) is 0. The summed E-state index contributed by atoms with van der Waals surface area (Å²) < 4.78 is 10.5.